The lowest BCUT2D eigenvalue weighted by Crippen LogP contribution is -2.25. The average Bonchev–Trinajstić information content (AvgIpc) is 2.26. The van der Waals surface area contributed by atoms with Crippen LogP contribution in [0.4, 0.5) is 4.39 Å². The number of nitrogens with two attached hydrogens (primary N) is 1. The van der Waals surface area contributed by atoms with Gasteiger partial charge in [0.1, 0.15) is 11.6 Å². The first-order valence-corrected chi connectivity index (χ1v) is 4.93. The van der Waals surface area contributed by atoms with Crippen LogP contribution < -0.4 is 15.8 Å². The van der Waals surface area contributed by atoms with Gasteiger partial charge in [-0.3, -0.25) is 4.79 Å². The number of hydrogen-bond acceptors (Lipinski definition) is 3. The predicted octanol–water partition coefficient (Wildman–Crippen LogP) is 0.970. The number of benzene rings is 1. The highest BCUT2D eigenvalue weighted by atomic mass is 19.1. The second-order valence-electron chi connectivity index (χ2n) is 3.43. The normalized spacial score (nSPS) is 12.0. The van der Waals surface area contributed by atoms with E-state index in [9.17, 15) is 9.18 Å². The van der Waals surface area contributed by atoms with Crippen LogP contribution in [-0.4, -0.2) is 19.6 Å². The maximum absolute atomic E-state index is 13.0. The molecule has 88 valence electrons. The zero-order chi connectivity index (χ0) is 12.1. The molecular formula is C11H15FN2O2. The van der Waals surface area contributed by atoms with Gasteiger partial charge in [0.2, 0.25) is 0 Å². The summed E-state index contributed by atoms with van der Waals surface area (Å²) in [6, 6.07) is 3.70. The van der Waals surface area contributed by atoms with Crippen LogP contribution in [0.1, 0.15) is 18.5 Å². The molecule has 1 aromatic rings. The minimum Gasteiger partial charge on any atom is -0.483 e. The molecule has 1 amide bonds. The van der Waals surface area contributed by atoms with Crippen molar-refractivity contribution in [1.82, 2.24) is 5.32 Å². The zero-order valence-corrected chi connectivity index (χ0v) is 9.29. The van der Waals surface area contributed by atoms with E-state index in [2.05, 4.69) is 5.32 Å². The Morgan fingerprint density at radius 2 is 2.31 bits per heavy atom. The molecule has 0 aliphatic rings. The molecule has 0 aromatic heterocycles. The van der Waals surface area contributed by atoms with Crippen LogP contribution >= 0.6 is 0 Å². The molecule has 1 rings (SSSR count). The van der Waals surface area contributed by atoms with Crippen LogP contribution in [0.15, 0.2) is 18.2 Å². The number of nitrogens with one attached hydrogen (secondary N) is 1. The van der Waals surface area contributed by atoms with E-state index >= 15 is 0 Å². The van der Waals surface area contributed by atoms with Gasteiger partial charge in [-0.05, 0) is 25.1 Å². The van der Waals surface area contributed by atoms with Crippen LogP contribution in [0.3, 0.4) is 0 Å². The highest BCUT2D eigenvalue weighted by molar-refractivity contribution is 5.77. The molecule has 0 aliphatic heterocycles. The Balaban J connectivity index is 2.82. The van der Waals surface area contributed by atoms with E-state index in [-0.39, 0.29) is 24.4 Å². The molecule has 0 spiro atoms. The molecule has 16 heavy (non-hydrogen) atoms. The van der Waals surface area contributed by atoms with Crippen molar-refractivity contribution >= 4 is 5.91 Å². The summed E-state index contributed by atoms with van der Waals surface area (Å²) in [5.41, 5.74) is 6.22. The lowest BCUT2D eigenvalue weighted by molar-refractivity contribution is -0.122. The second kappa shape index (κ2) is 5.46. The third kappa shape index (κ3) is 3.20. The van der Waals surface area contributed by atoms with Crippen molar-refractivity contribution in [3.63, 3.8) is 0 Å². The Bertz CT molecular complexity index is 380. The summed E-state index contributed by atoms with van der Waals surface area (Å²) in [7, 11) is 1.52. The molecule has 0 heterocycles. The lowest BCUT2D eigenvalue weighted by Gasteiger charge is -2.13. The molecule has 0 saturated heterocycles. The van der Waals surface area contributed by atoms with E-state index in [1.807, 2.05) is 0 Å². The molecule has 0 saturated carbocycles. The zero-order valence-electron chi connectivity index (χ0n) is 9.29. The van der Waals surface area contributed by atoms with E-state index in [1.54, 1.807) is 6.92 Å². The van der Waals surface area contributed by atoms with Gasteiger partial charge in [-0.2, -0.15) is 0 Å². The summed E-state index contributed by atoms with van der Waals surface area (Å²) in [6.07, 6.45) is 0. The number of rotatable bonds is 4. The predicted molar refractivity (Wildman–Crippen MR) is 58.6 cm³/mol. The molecule has 1 aromatic carbocycles. The Morgan fingerprint density at radius 3 is 2.88 bits per heavy atom. The van der Waals surface area contributed by atoms with Gasteiger partial charge in [-0.15, -0.1) is 0 Å². The van der Waals surface area contributed by atoms with Crippen molar-refractivity contribution in [2.45, 2.75) is 13.0 Å². The average molecular weight is 226 g/mol. The topological polar surface area (TPSA) is 64.3 Å². The SMILES string of the molecule is CNC(=O)COc1ccc(F)cc1[C@@H](C)N. The smallest absolute Gasteiger partial charge is 0.257 e. The first-order chi connectivity index (χ1) is 7.54. The minimum atomic E-state index is -0.375. The van der Waals surface area contributed by atoms with Crippen molar-refractivity contribution in [2.24, 2.45) is 5.73 Å². The minimum absolute atomic E-state index is 0.109. The van der Waals surface area contributed by atoms with Crippen molar-refractivity contribution in [3.8, 4) is 5.75 Å². The van der Waals surface area contributed by atoms with E-state index < -0.39 is 0 Å². The molecule has 3 N–H and O–H groups in total. The molecule has 0 radical (unpaired) electrons. The summed E-state index contributed by atoms with van der Waals surface area (Å²) in [5.74, 6) is -0.195. The number of carbonyl (C=O) groups is 1. The molecule has 0 aliphatic carbocycles. The number of hydrogen-bond donors (Lipinski definition) is 2. The van der Waals surface area contributed by atoms with Gasteiger partial charge in [0.05, 0.1) is 0 Å². The van der Waals surface area contributed by atoms with E-state index in [0.717, 1.165) is 0 Å². The standard InChI is InChI=1S/C11H15FN2O2/c1-7(13)9-5-8(12)3-4-10(9)16-6-11(15)14-2/h3-5,7H,6,13H2,1-2H3,(H,14,15)/t7-/m1/s1. The van der Waals surface area contributed by atoms with Gasteiger partial charge in [0, 0.05) is 18.7 Å². The lowest BCUT2D eigenvalue weighted by atomic mass is 10.1. The van der Waals surface area contributed by atoms with Crippen molar-refractivity contribution in [1.29, 1.82) is 0 Å². The van der Waals surface area contributed by atoms with Gasteiger partial charge in [0.25, 0.3) is 5.91 Å². The molecule has 0 unspecified atom stereocenters. The number of halogens is 1. The Hall–Kier alpha value is -1.62. The molecule has 1 atom stereocenters. The quantitative estimate of drug-likeness (QED) is 0.804. The first kappa shape index (κ1) is 12.4. The Kier molecular flexibility index (Phi) is 4.25. The van der Waals surface area contributed by atoms with E-state index in [0.29, 0.717) is 11.3 Å². The maximum Gasteiger partial charge on any atom is 0.257 e. The van der Waals surface area contributed by atoms with Gasteiger partial charge in [0.15, 0.2) is 6.61 Å². The van der Waals surface area contributed by atoms with Gasteiger partial charge >= 0.3 is 0 Å². The molecular weight excluding hydrogens is 211 g/mol. The van der Waals surface area contributed by atoms with E-state index in [1.165, 1.54) is 25.2 Å². The number of likely N-dealkylation sites (N-methyl/N-ethyl adjacent to an activating group) is 1. The van der Waals surface area contributed by atoms with Gasteiger partial charge in [-0.1, -0.05) is 0 Å². The van der Waals surface area contributed by atoms with Crippen LogP contribution in [0.2, 0.25) is 0 Å². The molecule has 4 nitrogen and oxygen atoms in total. The number of amides is 1. The summed E-state index contributed by atoms with van der Waals surface area (Å²) in [6.45, 7) is 1.61. The third-order valence-corrected chi connectivity index (χ3v) is 2.10. The highest BCUT2D eigenvalue weighted by Gasteiger charge is 2.10. The molecule has 0 fully saturated rings. The van der Waals surface area contributed by atoms with Gasteiger partial charge in [-0.25, -0.2) is 4.39 Å². The number of ether oxygens (including phenoxy) is 1. The summed E-state index contributed by atoms with van der Waals surface area (Å²) >= 11 is 0. The van der Waals surface area contributed by atoms with Gasteiger partial charge < -0.3 is 15.8 Å². The fourth-order valence-corrected chi connectivity index (χ4v) is 1.22. The summed E-state index contributed by atoms with van der Waals surface area (Å²) in [4.78, 5) is 11.0. The first-order valence-electron chi connectivity index (χ1n) is 4.93. The fraction of sp³-hybridized carbons (Fsp3) is 0.364. The van der Waals surface area contributed by atoms with Crippen LogP contribution in [0.25, 0.3) is 0 Å². The number of carbonyl (C=O) groups excluding carboxylic acids is 1. The highest BCUT2D eigenvalue weighted by Crippen LogP contribution is 2.24. The van der Waals surface area contributed by atoms with Crippen molar-refractivity contribution in [3.05, 3.63) is 29.6 Å². The van der Waals surface area contributed by atoms with Crippen LogP contribution in [0.5, 0.6) is 5.75 Å². The fourth-order valence-electron chi connectivity index (χ4n) is 1.22. The van der Waals surface area contributed by atoms with Crippen molar-refractivity contribution < 1.29 is 13.9 Å². The summed E-state index contributed by atoms with van der Waals surface area (Å²) < 4.78 is 18.2. The monoisotopic (exact) mass is 226 g/mol. The molecule has 5 heteroatoms. The van der Waals surface area contributed by atoms with Crippen molar-refractivity contribution in [2.75, 3.05) is 13.7 Å². The van der Waals surface area contributed by atoms with Crippen LogP contribution in [-0.2, 0) is 4.79 Å². The summed E-state index contributed by atoms with van der Waals surface area (Å²) in [5, 5.41) is 2.43. The second-order valence-corrected chi connectivity index (χ2v) is 3.43. The Morgan fingerprint density at radius 1 is 1.62 bits per heavy atom. The largest absolute Gasteiger partial charge is 0.483 e. The maximum atomic E-state index is 13.0. The third-order valence-electron chi connectivity index (χ3n) is 2.10. The molecule has 0 bridgehead atoms. The Labute approximate surface area is 93.6 Å². The van der Waals surface area contributed by atoms with E-state index in [4.69, 9.17) is 10.5 Å². The van der Waals surface area contributed by atoms with Crippen LogP contribution in [0, 0.1) is 5.82 Å².